The summed E-state index contributed by atoms with van der Waals surface area (Å²) in [5.41, 5.74) is 2.75. The topological polar surface area (TPSA) is 62.2 Å². The zero-order chi connectivity index (χ0) is 16.2. The number of phenols is 1. The summed E-state index contributed by atoms with van der Waals surface area (Å²) in [5.74, 6) is 0.354. The summed E-state index contributed by atoms with van der Waals surface area (Å²) in [5, 5.41) is 14.0. The number of anilines is 1. The van der Waals surface area contributed by atoms with Crippen LogP contribution in [-0.2, 0) is 4.79 Å². The number of aryl methyl sites for hydroxylation is 1. The number of hydrogen-bond donors (Lipinski definition) is 2. The van der Waals surface area contributed by atoms with Crippen LogP contribution < -0.4 is 5.32 Å². The third kappa shape index (κ3) is 3.81. The average Bonchev–Trinajstić information content (AvgIpc) is 2.55. The van der Waals surface area contributed by atoms with Gasteiger partial charge in [-0.1, -0.05) is 30.0 Å². The molecule has 0 saturated heterocycles. The van der Waals surface area contributed by atoms with Crippen molar-refractivity contribution in [1.82, 2.24) is 4.98 Å². The molecule has 4 nitrogen and oxygen atoms in total. The van der Waals surface area contributed by atoms with Gasteiger partial charge in [0.2, 0.25) is 5.91 Å². The van der Waals surface area contributed by atoms with Crippen molar-refractivity contribution in [2.45, 2.75) is 11.9 Å². The minimum absolute atomic E-state index is 0.103. The Balaban J connectivity index is 1.66. The van der Waals surface area contributed by atoms with Crippen LogP contribution in [0, 0.1) is 6.92 Å². The number of nitrogens with zero attached hydrogens (tertiary/aromatic N) is 1. The van der Waals surface area contributed by atoms with Crippen molar-refractivity contribution in [2.24, 2.45) is 0 Å². The van der Waals surface area contributed by atoms with Crippen LogP contribution in [0.3, 0.4) is 0 Å². The molecule has 0 atom stereocenters. The fourth-order valence-electron chi connectivity index (χ4n) is 2.27. The van der Waals surface area contributed by atoms with E-state index in [2.05, 4.69) is 10.3 Å². The molecule has 23 heavy (non-hydrogen) atoms. The molecular weight excluding hydrogens is 308 g/mol. The smallest absolute Gasteiger partial charge is 0.234 e. The highest BCUT2D eigenvalue weighted by atomic mass is 32.2. The summed E-state index contributed by atoms with van der Waals surface area (Å²) in [6.45, 7) is 2.05. The van der Waals surface area contributed by atoms with Crippen molar-refractivity contribution in [3.05, 3.63) is 60.2 Å². The van der Waals surface area contributed by atoms with Crippen molar-refractivity contribution >= 4 is 34.3 Å². The van der Waals surface area contributed by atoms with Gasteiger partial charge in [0.25, 0.3) is 0 Å². The number of amides is 1. The number of pyridine rings is 1. The predicted molar refractivity (Wildman–Crippen MR) is 93.9 cm³/mol. The first kappa shape index (κ1) is 15.4. The molecule has 0 aliphatic carbocycles. The lowest BCUT2D eigenvalue weighted by atomic mass is 10.1. The Morgan fingerprint density at radius 2 is 1.91 bits per heavy atom. The van der Waals surface area contributed by atoms with Crippen LogP contribution in [0.15, 0.2) is 59.6 Å². The Bertz CT molecular complexity index is 847. The van der Waals surface area contributed by atoms with E-state index in [1.807, 2.05) is 37.3 Å². The van der Waals surface area contributed by atoms with Gasteiger partial charge in [-0.05, 0) is 48.9 Å². The van der Waals surface area contributed by atoms with Gasteiger partial charge >= 0.3 is 0 Å². The van der Waals surface area contributed by atoms with Crippen LogP contribution in [0.1, 0.15) is 5.56 Å². The van der Waals surface area contributed by atoms with Gasteiger partial charge in [0.15, 0.2) is 0 Å². The highest BCUT2D eigenvalue weighted by Crippen LogP contribution is 2.23. The molecule has 0 bridgehead atoms. The van der Waals surface area contributed by atoms with Gasteiger partial charge in [0, 0.05) is 11.1 Å². The van der Waals surface area contributed by atoms with Gasteiger partial charge in [-0.25, -0.2) is 4.98 Å². The molecular formula is C18H16N2O2S. The van der Waals surface area contributed by atoms with Gasteiger partial charge in [0.1, 0.15) is 5.75 Å². The van der Waals surface area contributed by atoms with Crippen LogP contribution in [0.2, 0.25) is 0 Å². The number of carbonyl (C=O) groups excluding carboxylic acids is 1. The Morgan fingerprint density at radius 1 is 1.17 bits per heavy atom. The van der Waals surface area contributed by atoms with Crippen molar-refractivity contribution < 1.29 is 9.90 Å². The first-order chi connectivity index (χ1) is 11.1. The van der Waals surface area contributed by atoms with Gasteiger partial charge in [0.05, 0.1) is 16.3 Å². The monoisotopic (exact) mass is 324 g/mol. The maximum absolute atomic E-state index is 12.0. The first-order valence-electron chi connectivity index (χ1n) is 7.20. The molecule has 0 fully saturated rings. The standard InChI is InChI=1S/C18H16N2O2S/c1-12-10-18(20-16-5-3-2-4-15(12)16)23-11-17(22)19-13-6-8-14(21)9-7-13/h2-10,21H,11H2,1H3,(H,19,22). The summed E-state index contributed by atoms with van der Waals surface area (Å²) in [7, 11) is 0. The molecule has 1 amide bonds. The molecule has 0 saturated carbocycles. The van der Waals surface area contributed by atoms with Gasteiger partial charge in [-0.15, -0.1) is 0 Å². The zero-order valence-electron chi connectivity index (χ0n) is 12.6. The summed E-state index contributed by atoms with van der Waals surface area (Å²) >= 11 is 1.41. The van der Waals surface area contributed by atoms with E-state index in [9.17, 15) is 9.90 Å². The second-order valence-electron chi connectivity index (χ2n) is 5.18. The summed E-state index contributed by atoms with van der Waals surface area (Å²) in [6, 6.07) is 16.4. The molecule has 1 aromatic heterocycles. The Labute approximate surface area is 138 Å². The third-order valence-corrected chi connectivity index (χ3v) is 4.31. The number of thioether (sulfide) groups is 1. The van der Waals surface area contributed by atoms with Gasteiger partial charge < -0.3 is 10.4 Å². The van der Waals surface area contributed by atoms with E-state index in [0.717, 1.165) is 21.5 Å². The number of aromatic nitrogens is 1. The van der Waals surface area contributed by atoms with Crippen molar-refractivity contribution in [1.29, 1.82) is 0 Å². The van der Waals surface area contributed by atoms with E-state index in [1.165, 1.54) is 23.9 Å². The van der Waals surface area contributed by atoms with Crippen LogP contribution in [0.5, 0.6) is 5.75 Å². The summed E-state index contributed by atoms with van der Waals surface area (Å²) in [6.07, 6.45) is 0. The number of phenolic OH excluding ortho intramolecular Hbond substituents is 1. The molecule has 1 heterocycles. The second-order valence-corrected chi connectivity index (χ2v) is 6.17. The molecule has 3 aromatic rings. The molecule has 0 aliphatic heterocycles. The molecule has 0 aliphatic rings. The number of para-hydroxylation sites is 1. The van der Waals surface area contributed by atoms with E-state index in [4.69, 9.17) is 0 Å². The van der Waals surface area contributed by atoms with Gasteiger partial charge in [-0.2, -0.15) is 0 Å². The number of nitrogens with one attached hydrogen (secondary N) is 1. The van der Waals surface area contributed by atoms with Crippen molar-refractivity contribution in [2.75, 3.05) is 11.1 Å². The normalized spacial score (nSPS) is 10.7. The Hall–Kier alpha value is -2.53. The fraction of sp³-hybridized carbons (Fsp3) is 0.111. The molecule has 3 rings (SSSR count). The largest absolute Gasteiger partial charge is 0.508 e. The fourth-order valence-corrected chi connectivity index (χ4v) is 3.05. The number of hydrogen-bond acceptors (Lipinski definition) is 4. The average molecular weight is 324 g/mol. The maximum Gasteiger partial charge on any atom is 0.234 e. The van der Waals surface area contributed by atoms with E-state index in [0.29, 0.717) is 5.69 Å². The lowest BCUT2D eigenvalue weighted by Crippen LogP contribution is -2.13. The molecule has 5 heteroatoms. The lowest BCUT2D eigenvalue weighted by molar-refractivity contribution is -0.113. The van der Waals surface area contributed by atoms with E-state index >= 15 is 0 Å². The minimum Gasteiger partial charge on any atom is -0.508 e. The van der Waals surface area contributed by atoms with E-state index in [-0.39, 0.29) is 17.4 Å². The quantitative estimate of drug-likeness (QED) is 0.563. The lowest BCUT2D eigenvalue weighted by Gasteiger charge is -2.07. The number of carbonyl (C=O) groups is 1. The number of benzene rings is 2. The number of aromatic hydroxyl groups is 1. The number of fused-ring (bicyclic) bond motifs is 1. The summed E-state index contributed by atoms with van der Waals surface area (Å²) in [4.78, 5) is 16.6. The minimum atomic E-state index is -0.103. The number of rotatable bonds is 4. The van der Waals surface area contributed by atoms with Crippen LogP contribution in [-0.4, -0.2) is 21.8 Å². The Morgan fingerprint density at radius 3 is 2.70 bits per heavy atom. The molecule has 0 unspecified atom stereocenters. The predicted octanol–water partition coefficient (Wildman–Crippen LogP) is 3.98. The van der Waals surface area contributed by atoms with Crippen molar-refractivity contribution in [3.63, 3.8) is 0 Å². The Kier molecular flexibility index (Phi) is 4.48. The van der Waals surface area contributed by atoms with Gasteiger partial charge in [-0.3, -0.25) is 4.79 Å². The highest BCUT2D eigenvalue weighted by molar-refractivity contribution is 7.99. The van der Waals surface area contributed by atoms with E-state index < -0.39 is 0 Å². The first-order valence-corrected chi connectivity index (χ1v) is 8.18. The molecule has 116 valence electrons. The van der Waals surface area contributed by atoms with Crippen LogP contribution in [0.25, 0.3) is 10.9 Å². The molecule has 2 aromatic carbocycles. The van der Waals surface area contributed by atoms with Crippen molar-refractivity contribution in [3.8, 4) is 5.75 Å². The zero-order valence-corrected chi connectivity index (χ0v) is 13.4. The summed E-state index contributed by atoms with van der Waals surface area (Å²) < 4.78 is 0. The van der Waals surface area contributed by atoms with Crippen LogP contribution >= 0.6 is 11.8 Å². The van der Waals surface area contributed by atoms with Crippen LogP contribution in [0.4, 0.5) is 5.69 Å². The maximum atomic E-state index is 12.0. The molecule has 2 N–H and O–H groups in total. The SMILES string of the molecule is Cc1cc(SCC(=O)Nc2ccc(O)cc2)nc2ccccc12. The third-order valence-electron chi connectivity index (χ3n) is 3.40. The van der Waals surface area contributed by atoms with E-state index in [1.54, 1.807) is 12.1 Å². The highest BCUT2D eigenvalue weighted by Gasteiger charge is 2.07. The second kappa shape index (κ2) is 6.71. The molecule has 0 radical (unpaired) electrons. The molecule has 0 spiro atoms.